The van der Waals surface area contributed by atoms with E-state index in [1.165, 1.54) is 7.11 Å². The van der Waals surface area contributed by atoms with Crippen molar-refractivity contribution in [3.05, 3.63) is 28.3 Å². The molecule has 0 radical (unpaired) electrons. The van der Waals surface area contributed by atoms with Crippen molar-refractivity contribution >= 4 is 30.0 Å². The summed E-state index contributed by atoms with van der Waals surface area (Å²) in [5.41, 5.74) is 1.23. The summed E-state index contributed by atoms with van der Waals surface area (Å²) in [6, 6.07) is 3.36. The monoisotopic (exact) mass is 319 g/mol. The number of nitrogens with one attached hydrogen (secondary N) is 1. The zero-order chi connectivity index (χ0) is 13.8. The molecule has 0 aromatic heterocycles. The fraction of sp³-hybridized carbons (Fsp3) is 0.500. The third-order valence-corrected chi connectivity index (χ3v) is 3.53. The maximum atomic E-state index is 11.7. The molecule has 1 saturated heterocycles. The van der Waals surface area contributed by atoms with Gasteiger partial charge in [-0.25, -0.2) is 4.79 Å². The molecule has 0 bridgehead atoms. The molecule has 1 N–H and O–H groups in total. The van der Waals surface area contributed by atoms with E-state index in [0.717, 1.165) is 31.5 Å². The van der Waals surface area contributed by atoms with Crippen LogP contribution in [0.15, 0.2) is 12.1 Å². The molecule has 1 aromatic carbocycles. The predicted octanol–water partition coefficient (Wildman–Crippen LogP) is 2.99. The number of carbonyl (C=O) groups is 1. The van der Waals surface area contributed by atoms with Crippen LogP contribution in [-0.4, -0.2) is 32.3 Å². The molecule has 6 heteroatoms. The van der Waals surface area contributed by atoms with Gasteiger partial charge in [0.05, 0.1) is 12.7 Å². The fourth-order valence-electron chi connectivity index (χ4n) is 2.19. The van der Waals surface area contributed by atoms with Crippen molar-refractivity contribution in [3.63, 3.8) is 0 Å². The summed E-state index contributed by atoms with van der Waals surface area (Å²) in [4.78, 5) is 11.7. The minimum atomic E-state index is -0.393. The largest absolute Gasteiger partial charge is 0.490 e. The van der Waals surface area contributed by atoms with Crippen LogP contribution in [0.2, 0.25) is 5.02 Å². The van der Waals surface area contributed by atoms with E-state index in [9.17, 15) is 4.79 Å². The number of halogens is 2. The topological polar surface area (TPSA) is 47.6 Å². The Balaban J connectivity index is 0.00000200. The fourth-order valence-corrected chi connectivity index (χ4v) is 2.40. The summed E-state index contributed by atoms with van der Waals surface area (Å²) in [6.45, 7) is 3.75. The average Bonchev–Trinajstić information content (AvgIpc) is 2.42. The van der Waals surface area contributed by atoms with Gasteiger partial charge in [-0.2, -0.15) is 0 Å². The number of benzene rings is 1. The molecule has 4 nitrogen and oxygen atoms in total. The smallest absolute Gasteiger partial charge is 0.338 e. The number of hydrogen-bond donors (Lipinski definition) is 1. The molecule has 0 atom stereocenters. The lowest BCUT2D eigenvalue weighted by molar-refractivity contribution is 0.0598. The van der Waals surface area contributed by atoms with Gasteiger partial charge >= 0.3 is 5.97 Å². The van der Waals surface area contributed by atoms with Gasteiger partial charge in [0.15, 0.2) is 0 Å². The summed E-state index contributed by atoms with van der Waals surface area (Å²) in [5.74, 6) is 0.273. The van der Waals surface area contributed by atoms with E-state index in [2.05, 4.69) is 5.32 Å². The van der Waals surface area contributed by atoms with Crippen molar-refractivity contribution in [3.8, 4) is 5.75 Å². The highest BCUT2D eigenvalue weighted by molar-refractivity contribution is 6.31. The molecule has 2 rings (SSSR count). The lowest BCUT2D eigenvalue weighted by atomic mass is 10.1. The van der Waals surface area contributed by atoms with Gasteiger partial charge in [-0.3, -0.25) is 0 Å². The summed E-state index contributed by atoms with van der Waals surface area (Å²) in [5, 5.41) is 3.77. The zero-order valence-corrected chi connectivity index (χ0v) is 13.1. The minimum Gasteiger partial charge on any atom is -0.490 e. The summed E-state index contributed by atoms with van der Waals surface area (Å²) in [7, 11) is 1.36. The molecule has 1 aliphatic rings. The van der Waals surface area contributed by atoms with Gasteiger partial charge in [-0.1, -0.05) is 11.6 Å². The highest BCUT2D eigenvalue weighted by Gasteiger charge is 2.19. The number of carbonyl (C=O) groups excluding carboxylic acids is 1. The van der Waals surface area contributed by atoms with Crippen molar-refractivity contribution in [2.75, 3.05) is 20.2 Å². The van der Waals surface area contributed by atoms with E-state index in [-0.39, 0.29) is 18.5 Å². The Morgan fingerprint density at radius 3 is 2.60 bits per heavy atom. The Kier molecular flexibility index (Phi) is 6.59. The van der Waals surface area contributed by atoms with Crippen LogP contribution in [0.25, 0.3) is 0 Å². The second-order valence-corrected chi connectivity index (χ2v) is 5.07. The van der Waals surface area contributed by atoms with E-state index in [1.807, 2.05) is 6.92 Å². The Bertz CT molecular complexity index is 474. The number of esters is 1. The van der Waals surface area contributed by atoms with Gasteiger partial charge < -0.3 is 14.8 Å². The first-order valence-electron chi connectivity index (χ1n) is 6.37. The lowest BCUT2D eigenvalue weighted by Gasteiger charge is -2.25. The molecule has 112 valence electrons. The van der Waals surface area contributed by atoms with Crippen molar-refractivity contribution in [2.24, 2.45) is 0 Å². The highest BCUT2D eigenvalue weighted by atomic mass is 35.5. The quantitative estimate of drug-likeness (QED) is 0.870. The van der Waals surface area contributed by atoms with Crippen molar-refractivity contribution in [1.82, 2.24) is 5.32 Å². The molecular weight excluding hydrogens is 301 g/mol. The molecule has 1 heterocycles. The molecule has 20 heavy (non-hydrogen) atoms. The minimum absolute atomic E-state index is 0. The third-order valence-electron chi connectivity index (χ3n) is 3.31. The molecule has 0 saturated carbocycles. The van der Waals surface area contributed by atoms with Crippen LogP contribution in [0.3, 0.4) is 0 Å². The second-order valence-electron chi connectivity index (χ2n) is 4.64. The van der Waals surface area contributed by atoms with E-state index >= 15 is 0 Å². The molecule has 1 aliphatic heterocycles. The van der Waals surface area contributed by atoms with Gasteiger partial charge in [0, 0.05) is 10.6 Å². The Morgan fingerprint density at radius 2 is 2.00 bits per heavy atom. The van der Waals surface area contributed by atoms with Crippen LogP contribution in [0, 0.1) is 6.92 Å². The Hall–Kier alpha value is -0.970. The first-order valence-corrected chi connectivity index (χ1v) is 6.75. The summed E-state index contributed by atoms with van der Waals surface area (Å²) in [6.07, 6.45) is 2.09. The Morgan fingerprint density at radius 1 is 1.35 bits per heavy atom. The highest BCUT2D eigenvalue weighted by Crippen LogP contribution is 2.29. The van der Waals surface area contributed by atoms with Gasteiger partial charge in [-0.15, -0.1) is 12.4 Å². The number of ether oxygens (including phenoxy) is 2. The predicted molar refractivity (Wildman–Crippen MR) is 81.3 cm³/mol. The van der Waals surface area contributed by atoms with Gasteiger partial charge in [0.2, 0.25) is 0 Å². The number of rotatable bonds is 3. The number of methoxy groups -OCH3 is 1. The summed E-state index contributed by atoms with van der Waals surface area (Å²) >= 11 is 6.04. The standard InChI is InChI=1S/C14H18ClNO3.ClH/c1-9-12(14(17)18-2)7-10(15)8-13(9)19-11-3-5-16-6-4-11;/h7-8,11,16H,3-6H2,1-2H3;1H. The summed E-state index contributed by atoms with van der Waals surface area (Å²) < 4.78 is 10.7. The molecular formula is C14H19Cl2NO3. The van der Waals surface area contributed by atoms with E-state index < -0.39 is 5.97 Å². The first kappa shape index (κ1) is 17.1. The van der Waals surface area contributed by atoms with E-state index in [0.29, 0.717) is 16.3 Å². The molecule has 0 amide bonds. The molecule has 0 spiro atoms. The number of hydrogen-bond acceptors (Lipinski definition) is 4. The maximum absolute atomic E-state index is 11.7. The third kappa shape index (κ3) is 4.01. The SMILES string of the molecule is COC(=O)c1cc(Cl)cc(OC2CCNCC2)c1C.Cl. The van der Waals surface area contributed by atoms with Crippen molar-refractivity contribution < 1.29 is 14.3 Å². The lowest BCUT2D eigenvalue weighted by Crippen LogP contribution is -2.34. The van der Waals surface area contributed by atoms with Crippen molar-refractivity contribution in [1.29, 1.82) is 0 Å². The van der Waals surface area contributed by atoms with E-state index in [4.69, 9.17) is 21.1 Å². The maximum Gasteiger partial charge on any atom is 0.338 e. The van der Waals surface area contributed by atoms with Crippen LogP contribution in [0.4, 0.5) is 0 Å². The average molecular weight is 320 g/mol. The van der Waals surface area contributed by atoms with Gasteiger partial charge in [0.1, 0.15) is 11.9 Å². The van der Waals surface area contributed by atoms with Gasteiger partial charge in [-0.05, 0) is 45.0 Å². The molecule has 1 aromatic rings. The normalized spacial score (nSPS) is 15.3. The van der Waals surface area contributed by atoms with E-state index in [1.54, 1.807) is 12.1 Å². The van der Waals surface area contributed by atoms with Crippen LogP contribution in [0.1, 0.15) is 28.8 Å². The zero-order valence-electron chi connectivity index (χ0n) is 11.6. The Labute approximate surface area is 130 Å². The molecule has 0 unspecified atom stereocenters. The van der Waals surface area contributed by atoms with Gasteiger partial charge in [0.25, 0.3) is 0 Å². The van der Waals surface area contributed by atoms with Crippen LogP contribution in [0.5, 0.6) is 5.75 Å². The van der Waals surface area contributed by atoms with Crippen LogP contribution < -0.4 is 10.1 Å². The first-order chi connectivity index (χ1) is 9.11. The van der Waals surface area contributed by atoms with Crippen molar-refractivity contribution in [2.45, 2.75) is 25.9 Å². The molecule has 1 fully saturated rings. The molecule has 0 aliphatic carbocycles. The van der Waals surface area contributed by atoms with Crippen LogP contribution >= 0.6 is 24.0 Å². The number of piperidine rings is 1. The van der Waals surface area contributed by atoms with Crippen LogP contribution in [-0.2, 0) is 4.74 Å². The second kappa shape index (κ2) is 7.72.